The van der Waals surface area contributed by atoms with Gasteiger partial charge in [-0.2, -0.15) is 0 Å². The van der Waals surface area contributed by atoms with Gasteiger partial charge in [-0.3, -0.25) is 0 Å². The SMILES string of the molecule is C(CCN1CCCC1)CNC1CC1. The van der Waals surface area contributed by atoms with Crippen molar-refractivity contribution in [3.63, 3.8) is 0 Å². The number of nitrogens with zero attached hydrogens (tertiary/aromatic N) is 1. The summed E-state index contributed by atoms with van der Waals surface area (Å²) in [5.41, 5.74) is 0. The first-order chi connectivity index (χ1) is 6.45. The predicted molar refractivity (Wildman–Crippen MR) is 55.9 cm³/mol. The second kappa shape index (κ2) is 4.97. The minimum atomic E-state index is 0.895. The van der Waals surface area contributed by atoms with Crippen LogP contribution in [0.25, 0.3) is 0 Å². The Hall–Kier alpha value is -0.0800. The van der Waals surface area contributed by atoms with E-state index in [0.717, 1.165) is 6.04 Å². The summed E-state index contributed by atoms with van der Waals surface area (Å²) in [5.74, 6) is 0. The summed E-state index contributed by atoms with van der Waals surface area (Å²) >= 11 is 0. The van der Waals surface area contributed by atoms with E-state index in [2.05, 4.69) is 10.2 Å². The van der Waals surface area contributed by atoms with Crippen LogP contribution in [0.5, 0.6) is 0 Å². The van der Waals surface area contributed by atoms with Crippen molar-refractivity contribution in [2.45, 2.75) is 44.6 Å². The molecule has 0 unspecified atom stereocenters. The van der Waals surface area contributed by atoms with Crippen LogP contribution in [0.3, 0.4) is 0 Å². The van der Waals surface area contributed by atoms with Crippen LogP contribution in [0.2, 0.25) is 0 Å². The van der Waals surface area contributed by atoms with E-state index in [0.29, 0.717) is 0 Å². The van der Waals surface area contributed by atoms with Crippen LogP contribution in [0, 0.1) is 0 Å². The molecule has 2 fully saturated rings. The van der Waals surface area contributed by atoms with Crippen LogP contribution in [-0.2, 0) is 0 Å². The molecular weight excluding hydrogens is 160 g/mol. The molecule has 76 valence electrons. The Morgan fingerprint density at radius 1 is 1.08 bits per heavy atom. The van der Waals surface area contributed by atoms with E-state index >= 15 is 0 Å². The van der Waals surface area contributed by atoms with Crippen molar-refractivity contribution in [3.8, 4) is 0 Å². The van der Waals surface area contributed by atoms with Gasteiger partial charge >= 0.3 is 0 Å². The molecule has 1 heterocycles. The average molecular weight is 182 g/mol. The molecule has 0 aromatic carbocycles. The highest BCUT2D eigenvalue weighted by Gasteiger charge is 2.19. The molecule has 0 bridgehead atoms. The third-order valence-corrected chi connectivity index (χ3v) is 3.11. The molecule has 0 amide bonds. The fraction of sp³-hybridized carbons (Fsp3) is 1.00. The molecular formula is C11H22N2. The topological polar surface area (TPSA) is 15.3 Å². The van der Waals surface area contributed by atoms with Gasteiger partial charge in [0.1, 0.15) is 0 Å². The summed E-state index contributed by atoms with van der Waals surface area (Å²) < 4.78 is 0. The maximum Gasteiger partial charge on any atom is 0.00682 e. The fourth-order valence-electron chi connectivity index (χ4n) is 2.06. The van der Waals surface area contributed by atoms with Crippen molar-refractivity contribution in [2.75, 3.05) is 26.2 Å². The summed E-state index contributed by atoms with van der Waals surface area (Å²) in [6.45, 7) is 5.30. The monoisotopic (exact) mass is 182 g/mol. The lowest BCUT2D eigenvalue weighted by Crippen LogP contribution is -2.22. The van der Waals surface area contributed by atoms with Gasteiger partial charge in [0.2, 0.25) is 0 Å². The second-order valence-corrected chi connectivity index (χ2v) is 4.48. The van der Waals surface area contributed by atoms with Crippen molar-refractivity contribution in [1.82, 2.24) is 10.2 Å². The van der Waals surface area contributed by atoms with Crippen molar-refractivity contribution in [2.24, 2.45) is 0 Å². The smallest absolute Gasteiger partial charge is 0.00682 e. The van der Waals surface area contributed by atoms with Gasteiger partial charge in [-0.05, 0) is 64.7 Å². The van der Waals surface area contributed by atoms with Gasteiger partial charge in [0.05, 0.1) is 0 Å². The molecule has 0 aromatic heterocycles. The quantitative estimate of drug-likeness (QED) is 0.628. The Bertz CT molecular complexity index is 137. The van der Waals surface area contributed by atoms with Gasteiger partial charge in [0.15, 0.2) is 0 Å². The van der Waals surface area contributed by atoms with Crippen LogP contribution in [0.1, 0.15) is 38.5 Å². The minimum Gasteiger partial charge on any atom is -0.314 e. The summed E-state index contributed by atoms with van der Waals surface area (Å²) in [7, 11) is 0. The molecule has 1 saturated heterocycles. The van der Waals surface area contributed by atoms with Gasteiger partial charge in [-0.1, -0.05) is 0 Å². The predicted octanol–water partition coefficient (Wildman–Crippen LogP) is 1.61. The fourth-order valence-corrected chi connectivity index (χ4v) is 2.06. The largest absolute Gasteiger partial charge is 0.314 e. The molecule has 2 aliphatic rings. The van der Waals surface area contributed by atoms with Gasteiger partial charge < -0.3 is 10.2 Å². The zero-order valence-electron chi connectivity index (χ0n) is 8.60. The normalized spacial score (nSPS) is 24.0. The van der Waals surface area contributed by atoms with Gasteiger partial charge in [-0.25, -0.2) is 0 Å². The zero-order chi connectivity index (χ0) is 8.93. The lowest BCUT2D eigenvalue weighted by molar-refractivity contribution is 0.329. The Balaban J connectivity index is 1.39. The first kappa shape index (κ1) is 9.47. The lowest BCUT2D eigenvalue weighted by atomic mass is 10.3. The third kappa shape index (κ3) is 3.65. The van der Waals surface area contributed by atoms with Crippen molar-refractivity contribution < 1.29 is 0 Å². The minimum absolute atomic E-state index is 0.895. The molecule has 0 spiro atoms. The first-order valence-electron chi connectivity index (χ1n) is 5.91. The molecule has 2 rings (SSSR count). The maximum absolute atomic E-state index is 3.56. The number of hydrogen-bond donors (Lipinski definition) is 1. The zero-order valence-corrected chi connectivity index (χ0v) is 8.60. The van der Waals surface area contributed by atoms with E-state index < -0.39 is 0 Å². The van der Waals surface area contributed by atoms with E-state index in [9.17, 15) is 0 Å². The standard InChI is InChI=1S/C11H22N2/c1(7-12-11-5-6-11)2-8-13-9-3-4-10-13/h11-12H,1-10H2. The number of likely N-dealkylation sites (tertiary alicyclic amines) is 1. The van der Waals surface area contributed by atoms with E-state index in [1.807, 2.05) is 0 Å². The molecule has 1 aliphatic carbocycles. The summed E-state index contributed by atoms with van der Waals surface area (Å²) in [6, 6.07) is 0.895. The van der Waals surface area contributed by atoms with Crippen LogP contribution < -0.4 is 5.32 Å². The molecule has 0 aromatic rings. The Morgan fingerprint density at radius 2 is 1.85 bits per heavy atom. The molecule has 2 nitrogen and oxygen atoms in total. The molecule has 13 heavy (non-hydrogen) atoms. The van der Waals surface area contributed by atoms with E-state index in [1.54, 1.807) is 0 Å². The molecule has 0 radical (unpaired) electrons. The van der Waals surface area contributed by atoms with Crippen molar-refractivity contribution in [1.29, 1.82) is 0 Å². The van der Waals surface area contributed by atoms with Gasteiger partial charge in [0.25, 0.3) is 0 Å². The third-order valence-electron chi connectivity index (χ3n) is 3.11. The Labute approximate surface area is 81.7 Å². The van der Waals surface area contributed by atoms with Crippen molar-refractivity contribution in [3.05, 3.63) is 0 Å². The highest BCUT2D eigenvalue weighted by atomic mass is 15.1. The van der Waals surface area contributed by atoms with Gasteiger partial charge in [0, 0.05) is 6.04 Å². The molecule has 1 saturated carbocycles. The van der Waals surface area contributed by atoms with Crippen LogP contribution >= 0.6 is 0 Å². The average Bonchev–Trinajstić information content (AvgIpc) is 2.81. The summed E-state index contributed by atoms with van der Waals surface area (Å²) in [5, 5.41) is 3.56. The maximum atomic E-state index is 3.56. The summed E-state index contributed by atoms with van der Waals surface area (Å²) in [6.07, 6.45) is 8.46. The number of rotatable bonds is 6. The molecule has 2 heteroatoms. The number of hydrogen-bond acceptors (Lipinski definition) is 2. The Morgan fingerprint density at radius 3 is 2.54 bits per heavy atom. The van der Waals surface area contributed by atoms with E-state index in [-0.39, 0.29) is 0 Å². The van der Waals surface area contributed by atoms with Crippen molar-refractivity contribution >= 4 is 0 Å². The lowest BCUT2D eigenvalue weighted by Gasteiger charge is -2.13. The molecule has 1 aliphatic heterocycles. The highest BCUT2D eigenvalue weighted by molar-refractivity contribution is 4.80. The van der Waals surface area contributed by atoms with E-state index in [4.69, 9.17) is 0 Å². The number of nitrogens with one attached hydrogen (secondary N) is 1. The van der Waals surface area contributed by atoms with Crippen LogP contribution in [-0.4, -0.2) is 37.1 Å². The molecule has 0 atom stereocenters. The van der Waals surface area contributed by atoms with E-state index in [1.165, 1.54) is 64.7 Å². The second-order valence-electron chi connectivity index (χ2n) is 4.48. The Kier molecular flexibility index (Phi) is 3.62. The number of unbranched alkanes of at least 4 members (excludes halogenated alkanes) is 1. The van der Waals surface area contributed by atoms with Crippen LogP contribution in [0.15, 0.2) is 0 Å². The summed E-state index contributed by atoms with van der Waals surface area (Å²) in [4.78, 5) is 2.61. The van der Waals surface area contributed by atoms with Gasteiger partial charge in [-0.15, -0.1) is 0 Å². The molecule has 1 N–H and O–H groups in total. The van der Waals surface area contributed by atoms with Crippen LogP contribution in [0.4, 0.5) is 0 Å². The first-order valence-corrected chi connectivity index (χ1v) is 5.91. The highest BCUT2D eigenvalue weighted by Crippen LogP contribution is 2.18.